The fraction of sp³-hybridized carbons (Fsp3) is 0.318. The molecule has 0 radical (unpaired) electrons. The van der Waals surface area contributed by atoms with Crippen molar-refractivity contribution < 1.29 is 27.5 Å². The van der Waals surface area contributed by atoms with E-state index in [0.29, 0.717) is 5.69 Å². The molecule has 0 bridgehead atoms. The summed E-state index contributed by atoms with van der Waals surface area (Å²) in [6, 6.07) is 10.9. The van der Waals surface area contributed by atoms with Crippen LogP contribution in [0.4, 0.5) is 11.4 Å². The number of primary sulfonamides is 1. The third kappa shape index (κ3) is 5.14. The van der Waals surface area contributed by atoms with Crippen molar-refractivity contribution in [2.24, 2.45) is 11.1 Å². The number of ether oxygens (including phenoxy) is 1. The van der Waals surface area contributed by atoms with Crippen molar-refractivity contribution in [1.29, 1.82) is 0 Å². The first-order chi connectivity index (χ1) is 15.0. The summed E-state index contributed by atoms with van der Waals surface area (Å²) in [5, 5.41) is 7.59. The first-order valence-electron chi connectivity index (χ1n) is 9.98. The van der Waals surface area contributed by atoms with E-state index < -0.39 is 33.9 Å². The van der Waals surface area contributed by atoms with Gasteiger partial charge in [-0.15, -0.1) is 0 Å². The number of hydrogen-bond donors (Lipinski definition) is 2. The molecule has 1 saturated heterocycles. The summed E-state index contributed by atoms with van der Waals surface area (Å²) >= 11 is 0. The molecule has 3 N–H and O–H groups in total. The van der Waals surface area contributed by atoms with Gasteiger partial charge < -0.3 is 15.0 Å². The Bertz CT molecular complexity index is 1160. The number of aryl methyl sites for hydroxylation is 1. The van der Waals surface area contributed by atoms with Crippen LogP contribution in [0.5, 0.6) is 0 Å². The van der Waals surface area contributed by atoms with Gasteiger partial charge in [-0.25, -0.2) is 13.6 Å². The standard InChI is InChI=1S/C22H25N3O6S/c1-13-5-4-6-19(14(13)2)25-12-16(11-20(25)26)22(28)31-15(3)21(27)24-17-7-9-18(10-8-17)32(23,29)30/h4-10,15-16H,11-12H2,1-3H3,(H,24,27)(H2,23,29,30)/t15-,16-/m1/s1. The van der Waals surface area contributed by atoms with Gasteiger partial charge in [-0.3, -0.25) is 14.4 Å². The topological polar surface area (TPSA) is 136 Å². The average molecular weight is 460 g/mol. The zero-order valence-electron chi connectivity index (χ0n) is 18.0. The van der Waals surface area contributed by atoms with Crippen molar-refractivity contribution in [2.75, 3.05) is 16.8 Å². The van der Waals surface area contributed by atoms with E-state index in [2.05, 4.69) is 5.32 Å². The molecule has 1 aliphatic heterocycles. The number of hydrogen-bond acceptors (Lipinski definition) is 6. The number of nitrogens with two attached hydrogens (primary N) is 1. The van der Waals surface area contributed by atoms with Gasteiger partial charge >= 0.3 is 5.97 Å². The highest BCUT2D eigenvalue weighted by atomic mass is 32.2. The molecule has 2 amide bonds. The van der Waals surface area contributed by atoms with E-state index in [1.54, 1.807) is 4.90 Å². The first-order valence-corrected chi connectivity index (χ1v) is 11.5. The van der Waals surface area contributed by atoms with Gasteiger partial charge in [-0.2, -0.15) is 0 Å². The van der Waals surface area contributed by atoms with E-state index in [1.807, 2.05) is 32.0 Å². The van der Waals surface area contributed by atoms with Crippen LogP contribution in [-0.2, 0) is 29.1 Å². The lowest BCUT2D eigenvalue weighted by Crippen LogP contribution is -2.33. The molecule has 1 fully saturated rings. The Kier molecular flexibility index (Phi) is 6.65. The third-order valence-electron chi connectivity index (χ3n) is 5.44. The molecule has 10 heteroatoms. The molecule has 0 aromatic heterocycles. The Labute approximate surface area is 186 Å². The summed E-state index contributed by atoms with van der Waals surface area (Å²) in [6.45, 7) is 5.48. The Morgan fingerprint density at radius 2 is 1.81 bits per heavy atom. The fourth-order valence-electron chi connectivity index (χ4n) is 3.42. The Balaban J connectivity index is 1.60. The summed E-state index contributed by atoms with van der Waals surface area (Å²) in [7, 11) is -3.84. The molecule has 2 atom stereocenters. The maximum Gasteiger partial charge on any atom is 0.312 e. The molecular formula is C22H25N3O6S. The third-order valence-corrected chi connectivity index (χ3v) is 6.37. The number of carbonyl (C=O) groups is 3. The second kappa shape index (κ2) is 9.09. The molecule has 32 heavy (non-hydrogen) atoms. The molecule has 0 aliphatic carbocycles. The fourth-order valence-corrected chi connectivity index (χ4v) is 3.94. The summed E-state index contributed by atoms with van der Waals surface area (Å²) in [4.78, 5) is 38.9. The van der Waals surface area contributed by atoms with Gasteiger partial charge in [0.2, 0.25) is 15.9 Å². The smallest absolute Gasteiger partial charge is 0.312 e. The monoisotopic (exact) mass is 459 g/mol. The molecule has 170 valence electrons. The lowest BCUT2D eigenvalue weighted by Gasteiger charge is -2.20. The van der Waals surface area contributed by atoms with Crippen molar-refractivity contribution >= 4 is 39.2 Å². The van der Waals surface area contributed by atoms with Crippen LogP contribution in [0.15, 0.2) is 47.4 Å². The summed E-state index contributed by atoms with van der Waals surface area (Å²) in [5.74, 6) is -2.06. The lowest BCUT2D eigenvalue weighted by molar-refractivity contribution is -0.157. The number of anilines is 2. The van der Waals surface area contributed by atoms with Gasteiger partial charge in [-0.05, 0) is 62.2 Å². The average Bonchev–Trinajstić information content (AvgIpc) is 3.11. The summed E-state index contributed by atoms with van der Waals surface area (Å²) < 4.78 is 27.9. The molecule has 1 aliphatic rings. The molecule has 2 aromatic rings. The normalized spacial score (nSPS) is 17.2. The summed E-state index contributed by atoms with van der Waals surface area (Å²) in [6.07, 6.45) is -1.10. The van der Waals surface area contributed by atoms with Gasteiger partial charge in [-0.1, -0.05) is 12.1 Å². The lowest BCUT2D eigenvalue weighted by atomic mass is 10.1. The van der Waals surface area contributed by atoms with Crippen molar-refractivity contribution in [3.05, 3.63) is 53.6 Å². The molecule has 0 saturated carbocycles. The largest absolute Gasteiger partial charge is 0.452 e. The van der Waals surface area contributed by atoms with Gasteiger partial charge in [0.15, 0.2) is 6.10 Å². The molecule has 0 spiro atoms. The minimum atomic E-state index is -3.84. The van der Waals surface area contributed by atoms with Gasteiger partial charge in [0.25, 0.3) is 5.91 Å². The summed E-state index contributed by atoms with van der Waals surface area (Å²) in [5.41, 5.74) is 3.10. The van der Waals surface area contributed by atoms with Gasteiger partial charge in [0.05, 0.1) is 10.8 Å². The Morgan fingerprint density at radius 1 is 1.16 bits per heavy atom. The number of rotatable bonds is 6. The highest BCUT2D eigenvalue weighted by molar-refractivity contribution is 7.89. The molecule has 1 heterocycles. The highest BCUT2D eigenvalue weighted by Gasteiger charge is 2.37. The minimum Gasteiger partial charge on any atom is -0.452 e. The maximum atomic E-state index is 12.6. The van der Waals surface area contributed by atoms with Crippen LogP contribution in [0.1, 0.15) is 24.5 Å². The van der Waals surface area contributed by atoms with Crippen LogP contribution in [0, 0.1) is 19.8 Å². The quantitative estimate of drug-likeness (QED) is 0.633. The van der Waals surface area contributed by atoms with E-state index in [0.717, 1.165) is 16.8 Å². The number of sulfonamides is 1. The van der Waals surface area contributed by atoms with E-state index in [1.165, 1.54) is 31.2 Å². The van der Waals surface area contributed by atoms with Gasteiger partial charge in [0, 0.05) is 24.3 Å². The van der Waals surface area contributed by atoms with E-state index in [4.69, 9.17) is 9.88 Å². The van der Waals surface area contributed by atoms with E-state index >= 15 is 0 Å². The molecule has 9 nitrogen and oxygen atoms in total. The molecule has 2 aromatic carbocycles. The van der Waals surface area contributed by atoms with Crippen LogP contribution >= 0.6 is 0 Å². The van der Waals surface area contributed by atoms with E-state index in [-0.39, 0.29) is 23.8 Å². The SMILES string of the molecule is Cc1cccc(N2C[C@H](C(=O)O[C@H](C)C(=O)Nc3ccc(S(N)(=O)=O)cc3)CC2=O)c1C. The zero-order chi connectivity index (χ0) is 23.6. The molecule has 0 unspecified atom stereocenters. The van der Waals surface area contributed by atoms with Crippen molar-refractivity contribution in [1.82, 2.24) is 0 Å². The molecule has 3 rings (SSSR count). The predicted octanol–water partition coefficient (Wildman–Crippen LogP) is 1.87. The first kappa shape index (κ1) is 23.4. The van der Waals surface area contributed by atoms with Crippen molar-refractivity contribution in [3.63, 3.8) is 0 Å². The number of nitrogens with one attached hydrogen (secondary N) is 1. The van der Waals surface area contributed by atoms with Crippen LogP contribution in [-0.4, -0.2) is 38.9 Å². The number of nitrogens with zero attached hydrogens (tertiary/aromatic N) is 1. The van der Waals surface area contributed by atoms with E-state index in [9.17, 15) is 22.8 Å². The second-order valence-corrected chi connectivity index (χ2v) is 9.32. The van der Waals surface area contributed by atoms with Crippen LogP contribution in [0.3, 0.4) is 0 Å². The van der Waals surface area contributed by atoms with Gasteiger partial charge in [0.1, 0.15) is 0 Å². The number of esters is 1. The Hall–Kier alpha value is -3.24. The maximum absolute atomic E-state index is 12.6. The number of benzene rings is 2. The minimum absolute atomic E-state index is 0.00950. The van der Waals surface area contributed by atoms with Crippen LogP contribution in [0.25, 0.3) is 0 Å². The zero-order valence-corrected chi connectivity index (χ0v) is 18.8. The van der Waals surface area contributed by atoms with Crippen LogP contribution < -0.4 is 15.4 Å². The number of amides is 2. The predicted molar refractivity (Wildman–Crippen MR) is 118 cm³/mol. The number of carbonyl (C=O) groups excluding carboxylic acids is 3. The Morgan fingerprint density at radius 3 is 2.44 bits per heavy atom. The second-order valence-electron chi connectivity index (χ2n) is 7.76. The highest BCUT2D eigenvalue weighted by Crippen LogP contribution is 2.30. The molecular weight excluding hydrogens is 434 g/mol. The van der Waals surface area contributed by atoms with Crippen LogP contribution in [0.2, 0.25) is 0 Å². The van der Waals surface area contributed by atoms with Crippen molar-refractivity contribution in [3.8, 4) is 0 Å². The van der Waals surface area contributed by atoms with Crippen molar-refractivity contribution in [2.45, 2.75) is 38.2 Å².